The molecule has 1 aliphatic carbocycles. The van der Waals surface area contributed by atoms with E-state index in [0.717, 1.165) is 20.7 Å². The van der Waals surface area contributed by atoms with Crippen molar-refractivity contribution >= 4 is 27.6 Å². The van der Waals surface area contributed by atoms with Crippen LogP contribution in [-0.4, -0.2) is 19.8 Å². The van der Waals surface area contributed by atoms with Crippen molar-refractivity contribution in [2.45, 2.75) is 44.1 Å². The van der Waals surface area contributed by atoms with Crippen molar-refractivity contribution in [3.63, 3.8) is 0 Å². The molecule has 2 N–H and O–H groups in total. The lowest BCUT2D eigenvalue weighted by atomic mass is 9.89. The molecular weight excluding hydrogens is 302 g/mol. The minimum absolute atomic E-state index is 0.157. The molecule has 1 atom stereocenters. The zero-order chi connectivity index (χ0) is 14.2. The summed E-state index contributed by atoms with van der Waals surface area (Å²) < 4.78 is 1.92. The highest BCUT2D eigenvalue weighted by Crippen LogP contribution is 2.33. The molecule has 4 rings (SSSR count). The minimum atomic E-state index is -0.157. The first-order chi connectivity index (χ1) is 10.3. The van der Waals surface area contributed by atoms with Crippen LogP contribution in [0.5, 0.6) is 0 Å². The van der Waals surface area contributed by atoms with Gasteiger partial charge in [-0.15, -0.1) is 21.5 Å². The average molecular weight is 319 g/mol. The molecule has 1 saturated carbocycles. The second kappa shape index (κ2) is 5.47. The van der Waals surface area contributed by atoms with Gasteiger partial charge in [0.2, 0.25) is 4.96 Å². The summed E-state index contributed by atoms with van der Waals surface area (Å²) in [4.78, 5) is 2.00. The van der Waals surface area contributed by atoms with E-state index in [1.54, 1.807) is 22.7 Å². The summed E-state index contributed by atoms with van der Waals surface area (Å²) in [6.45, 7) is 0. The Morgan fingerprint density at radius 2 is 2.10 bits per heavy atom. The maximum atomic E-state index is 6.31. The summed E-state index contributed by atoms with van der Waals surface area (Å²) >= 11 is 3.22. The van der Waals surface area contributed by atoms with E-state index in [2.05, 4.69) is 16.3 Å². The van der Waals surface area contributed by atoms with Gasteiger partial charge in [0.1, 0.15) is 5.01 Å². The van der Waals surface area contributed by atoms with Crippen molar-refractivity contribution in [1.82, 2.24) is 19.8 Å². The molecular formula is C14H17N5S2. The Bertz CT molecular complexity index is 724. The fraction of sp³-hybridized carbons (Fsp3) is 0.500. The zero-order valence-electron chi connectivity index (χ0n) is 11.6. The zero-order valence-corrected chi connectivity index (χ0v) is 13.2. The Labute approximate surface area is 130 Å². The van der Waals surface area contributed by atoms with Crippen LogP contribution in [0.3, 0.4) is 0 Å². The van der Waals surface area contributed by atoms with Crippen LogP contribution in [0, 0.1) is 0 Å². The lowest BCUT2D eigenvalue weighted by molar-refractivity contribution is 0.423. The molecule has 1 unspecified atom stereocenters. The third-order valence-electron chi connectivity index (χ3n) is 4.12. The minimum Gasteiger partial charge on any atom is -0.318 e. The van der Waals surface area contributed by atoms with Crippen LogP contribution in [0.1, 0.15) is 59.8 Å². The third-order valence-corrected chi connectivity index (χ3v) is 6.05. The van der Waals surface area contributed by atoms with Crippen LogP contribution in [0.4, 0.5) is 0 Å². The van der Waals surface area contributed by atoms with Gasteiger partial charge in [0.25, 0.3) is 0 Å². The summed E-state index contributed by atoms with van der Waals surface area (Å²) in [5.74, 6) is 1.52. The highest BCUT2D eigenvalue weighted by Gasteiger charge is 2.24. The average Bonchev–Trinajstić information content (AvgIpc) is 3.23. The van der Waals surface area contributed by atoms with Crippen LogP contribution in [0.25, 0.3) is 4.96 Å². The van der Waals surface area contributed by atoms with E-state index < -0.39 is 0 Å². The second-order valence-corrected chi connectivity index (χ2v) is 7.49. The topological polar surface area (TPSA) is 69.1 Å². The van der Waals surface area contributed by atoms with Crippen molar-refractivity contribution in [1.29, 1.82) is 0 Å². The number of rotatable bonds is 3. The van der Waals surface area contributed by atoms with E-state index in [0.29, 0.717) is 5.92 Å². The number of thiophene rings is 1. The highest BCUT2D eigenvalue weighted by molar-refractivity contribution is 7.17. The number of aromatic nitrogens is 4. The lowest BCUT2D eigenvalue weighted by Gasteiger charge is -2.18. The summed E-state index contributed by atoms with van der Waals surface area (Å²) in [5, 5.41) is 16.3. The number of hydrogen-bond acceptors (Lipinski definition) is 6. The van der Waals surface area contributed by atoms with E-state index in [9.17, 15) is 0 Å². The third kappa shape index (κ3) is 2.39. The van der Waals surface area contributed by atoms with Crippen LogP contribution in [-0.2, 0) is 0 Å². The first kappa shape index (κ1) is 13.4. The van der Waals surface area contributed by atoms with Crippen molar-refractivity contribution < 1.29 is 0 Å². The molecule has 21 heavy (non-hydrogen) atoms. The van der Waals surface area contributed by atoms with Gasteiger partial charge < -0.3 is 5.73 Å². The van der Waals surface area contributed by atoms with Crippen LogP contribution in [0.2, 0.25) is 0 Å². The van der Waals surface area contributed by atoms with E-state index in [1.165, 1.54) is 32.1 Å². The Morgan fingerprint density at radius 3 is 2.86 bits per heavy atom. The smallest absolute Gasteiger partial charge is 0.234 e. The monoisotopic (exact) mass is 319 g/mol. The van der Waals surface area contributed by atoms with Gasteiger partial charge in [-0.05, 0) is 24.3 Å². The first-order valence-corrected chi connectivity index (χ1v) is 9.03. The normalized spacial score (nSPS) is 18.3. The molecule has 0 bridgehead atoms. The molecule has 7 heteroatoms. The SMILES string of the molecule is NC(c1cccs1)c1nn2c(C3CCCCC3)nnc2s1. The molecule has 3 aromatic rings. The lowest BCUT2D eigenvalue weighted by Crippen LogP contribution is -2.12. The fourth-order valence-electron chi connectivity index (χ4n) is 2.98. The van der Waals surface area contributed by atoms with Crippen molar-refractivity contribution in [2.75, 3.05) is 0 Å². The van der Waals surface area contributed by atoms with Crippen LogP contribution >= 0.6 is 22.7 Å². The van der Waals surface area contributed by atoms with Gasteiger partial charge in [-0.1, -0.05) is 36.7 Å². The largest absolute Gasteiger partial charge is 0.318 e. The molecule has 0 amide bonds. The maximum Gasteiger partial charge on any atom is 0.234 e. The van der Waals surface area contributed by atoms with Gasteiger partial charge >= 0.3 is 0 Å². The van der Waals surface area contributed by atoms with Gasteiger partial charge in [0.05, 0.1) is 6.04 Å². The number of fused-ring (bicyclic) bond motifs is 1. The van der Waals surface area contributed by atoms with Crippen molar-refractivity contribution in [2.24, 2.45) is 5.73 Å². The molecule has 110 valence electrons. The Morgan fingerprint density at radius 1 is 1.24 bits per heavy atom. The first-order valence-electron chi connectivity index (χ1n) is 7.34. The highest BCUT2D eigenvalue weighted by atomic mass is 32.1. The predicted molar refractivity (Wildman–Crippen MR) is 84.8 cm³/mol. The second-order valence-electron chi connectivity index (χ2n) is 5.52. The molecule has 0 aromatic carbocycles. The standard InChI is InChI=1S/C14H17N5S2/c15-11(10-7-4-8-20-10)13-18-19-12(16-17-14(19)21-13)9-5-2-1-3-6-9/h4,7-9,11H,1-3,5-6,15H2. The van der Waals surface area contributed by atoms with Gasteiger partial charge in [-0.3, -0.25) is 0 Å². The summed E-state index contributed by atoms with van der Waals surface area (Å²) in [6, 6.07) is 3.92. The van der Waals surface area contributed by atoms with Gasteiger partial charge in [-0.2, -0.15) is 9.61 Å². The predicted octanol–water partition coefficient (Wildman–Crippen LogP) is 3.34. The molecule has 3 heterocycles. The summed E-state index contributed by atoms with van der Waals surface area (Å²) in [5.41, 5.74) is 6.31. The number of hydrogen-bond donors (Lipinski definition) is 1. The summed E-state index contributed by atoms with van der Waals surface area (Å²) in [7, 11) is 0. The van der Waals surface area contributed by atoms with Crippen molar-refractivity contribution in [3.05, 3.63) is 33.2 Å². The molecule has 5 nitrogen and oxygen atoms in total. The summed E-state index contributed by atoms with van der Waals surface area (Å²) in [6.07, 6.45) is 6.30. The Kier molecular flexibility index (Phi) is 3.48. The van der Waals surface area contributed by atoms with Crippen molar-refractivity contribution in [3.8, 4) is 0 Å². The van der Waals surface area contributed by atoms with Gasteiger partial charge in [0.15, 0.2) is 5.82 Å². The molecule has 0 aliphatic heterocycles. The molecule has 3 aromatic heterocycles. The molecule has 1 fully saturated rings. The molecule has 0 spiro atoms. The quantitative estimate of drug-likeness (QED) is 0.804. The van der Waals surface area contributed by atoms with E-state index in [1.807, 2.05) is 16.0 Å². The van der Waals surface area contributed by atoms with Crippen LogP contribution in [0.15, 0.2) is 17.5 Å². The van der Waals surface area contributed by atoms with Gasteiger partial charge in [0, 0.05) is 10.8 Å². The van der Waals surface area contributed by atoms with Gasteiger partial charge in [-0.25, -0.2) is 0 Å². The number of nitrogens with zero attached hydrogens (tertiary/aromatic N) is 4. The van der Waals surface area contributed by atoms with E-state index >= 15 is 0 Å². The van der Waals surface area contributed by atoms with E-state index in [4.69, 9.17) is 10.8 Å². The molecule has 0 saturated heterocycles. The van der Waals surface area contributed by atoms with Crippen LogP contribution < -0.4 is 5.73 Å². The van der Waals surface area contributed by atoms with E-state index in [-0.39, 0.29) is 6.04 Å². The number of nitrogens with two attached hydrogens (primary N) is 1. The molecule has 1 aliphatic rings. The maximum absolute atomic E-state index is 6.31. The Balaban J connectivity index is 1.68. The Hall–Kier alpha value is -1.31. The fourth-order valence-corrected chi connectivity index (χ4v) is 4.65. The molecule has 0 radical (unpaired) electrons.